The lowest BCUT2D eigenvalue weighted by molar-refractivity contribution is -0.136. The number of hydrogen-bond donors (Lipinski definition) is 4. The summed E-state index contributed by atoms with van der Waals surface area (Å²) < 4.78 is 60.9. The summed E-state index contributed by atoms with van der Waals surface area (Å²) in [7, 11) is 0. The van der Waals surface area contributed by atoms with Crippen LogP contribution >= 0.6 is 0 Å². The molecule has 10 rings (SSSR count). The highest BCUT2D eigenvalue weighted by Gasteiger charge is 2.52. The number of alkyl halides is 1. The van der Waals surface area contributed by atoms with E-state index in [0.717, 1.165) is 55.1 Å². The number of rotatable bonds is 11. The van der Waals surface area contributed by atoms with E-state index in [-0.39, 0.29) is 61.0 Å². The summed E-state index contributed by atoms with van der Waals surface area (Å²) in [6, 6.07) is 16.3. The molecule has 5 aromatic rings. The molecule has 4 unspecified atom stereocenters. The number of halogens is 3. The van der Waals surface area contributed by atoms with Gasteiger partial charge in [0.2, 0.25) is 17.6 Å². The smallest absolute Gasteiger partial charge is 0.255 e. The van der Waals surface area contributed by atoms with E-state index in [4.69, 9.17) is 0 Å². The van der Waals surface area contributed by atoms with Crippen molar-refractivity contribution in [3.63, 3.8) is 0 Å². The lowest BCUT2D eigenvalue weighted by atomic mass is 9.72. The van der Waals surface area contributed by atoms with Gasteiger partial charge in [-0.2, -0.15) is 4.72 Å². The number of nitrogens with one attached hydrogen (secondary N) is 3. The Morgan fingerprint density at radius 2 is 1.81 bits per heavy atom. The van der Waals surface area contributed by atoms with E-state index in [0.29, 0.717) is 40.7 Å². The fourth-order valence-corrected chi connectivity index (χ4v) is 10.6. The number of imide groups is 1. The fraction of sp³-hybridized carbons (Fsp3) is 0.341. The highest BCUT2D eigenvalue weighted by Crippen LogP contribution is 2.43. The summed E-state index contributed by atoms with van der Waals surface area (Å²) in [6.45, 7) is 4.20. The van der Waals surface area contributed by atoms with Gasteiger partial charge in [0.15, 0.2) is 17.4 Å². The molecule has 0 bridgehead atoms. The summed E-state index contributed by atoms with van der Waals surface area (Å²) in [5, 5.41) is 13.8. The number of fused-ring (bicyclic) bond motifs is 2. The summed E-state index contributed by atoms with van der Waals surface area (Å²) in [4.78, 5) is 64.2. The minimum Gasteiger partial charge on any atom is -0.573 e. The Bertz CT molecular complexity index is 2650. The van der Waals surface area contributed by atoms with E-state index in [1.54, 1.807) is 24.4 Å². The zero-order valence-corrected chi connectivity index (χ0v) is 34.0. The van der Waals surface area contributed by atoms with Gasteiger partial charge in [0.25, 0.3) is 5.91 Å². The number of likely N-dealkylation sites (tertiary alicyclic amines) is 1. The first kappa shape index (κ1) is 40.3. The van der Waals surface area contributed by atoms with Gasteiger partial charge in [0.05, 0.1) is 18.2 Å². The quantitative estimate of drug-likeness (QED) is 0.0842. The van der Waals surface area contributed by atoms with Crippen LogP contribution in [0.25, 0.3) is 22.2 Å². The Morgan fingerprint density at radius 3 is 2.55 bits per heavy atom. The first-order valence-corrected chi connectivity index (χ1v) is 21.5. The van der Waals surface area contributed by atoms with Crippen LogP contribution in [-0.2, 0) is 27.7 Å². The highest BCUT2D eigenvalue weighted by atomic mass is 32.2. The van der Waals surface area contributed by atoms with Gasteiger partial charge < -0.3 is 24.4 Å². The zero-order chi connectivity index (χ0) is 43.0. The number of hydrogen-bond acceptors (Lipinski definition) is 11. The maximum Gasteiger partial charge on any atom is 0.255 e. The molecule has 320 valence electrons. The topological polar surface area (TPSA) is 177 Å². The van der Waals surface area contributed by atoms with Gasteiger partial charge in [0.1, 0.15) is 29.4 Å². The number of ketones is 1. The third-order valence-corrected chi connectivity index (χ3v) is 13.9. The lowest BCUT2D eigenvalue weighted by Crippen LogP contribution is -2.72. The molecule has 3 aromatic carbocycles. The third-order valence-electron chi connectivity index (χ3n) is 12.7. The number of nitrogens with zero attached hydrogens (tertiary/aromatic N) is 5. The molecule has 4 atom stereocenters. The Hall–Kier alpha value is -5.79. The van der Waals surface area contributed by atoms with Crippen LogP contribution in [0, 0.1) is 17.0 Å². The van der Waals surface area contributed by atoms with Gasteiger partial charge in [-0.3, -0.25) is 29.4 Å². The van der Waals surface area contributed by atoms with Crippen molar-refractivity contribution < 1.29 is 42.0 Å². The number of benzene rings is 3. The second-order valence-electron chi connectivity index (χ2n) is 17.0. The van der Waals surface area contributed by atoms with Crippen LogP contribution in [0.2, 0.25) is 0 Å². The largest absolute Gasteiger partial charge is 0.573 e. The van der Waals surface area contributed by atoms with Crippen LogP contribution in [-0.4, -0.2) is 115 Å². The molecule has 4 saturated heterocycles. The number of aliphatic hydroxyl groups is 1. The Labute approximate surface area is 356 Å². The third kappa shape index (κ3) is 7.18. The van der Waals surface area contributed by atoms with Crippen molar-refractivity contribution in [2.24, 2.45) is 5.41 Å². The van der Waals surface area contributed by atoms with Gasteiger partial charge in [-0.15, -0.1) is 4.31 Å². The van der Waals surface area contributed by atoms with Crippen LogP contribution in [0.5, 0.6) is 0 Å². The number of β-amino-alcohol motifs (C(OH)–C–C–N with tert-alkyl or cyclic N) is 1. The number of aromatic amines is 1. The fourth-order valence-electron chi connectivity index (χ4n) is 9.51. The van der Waals surface area contributed by atoms with Crippen LogP contribution < -0.4 is 14.9 Å². The second kappa shape index (κ2) is 15.5. The van der Waals surface area contributed by atoms with Crippen molar-refractivity contribution in [3.05, 3.63) is 113 Å². The molecule has 4 N–H and O–H groups in total. The minimum absolute atomic E-state index is 0.0110. The predicted octanol–water partition coefficient (Wildman–Crippen LogP) is 4.39. The van der Waals surface area contributed by atoms with Crippen LogP contribution in [0.15, 0.2) is 73.1 Å². The first-order valence-electron chi connectivity index (χ1n) is 20.4. The molecule has 0 saturated carbocycles. The minimum atomic E-state index is -1.99. The Kier molecular flexibility index (Phi) is 10.1. The van der Waals surface area contributed by atoms with E-state index in [9.17, 15) is 33.2 Å². The predicted molar refractivity (Wildman–Crippen MR) is 223 cm³/mol. The SMILES string of the molecule is O=C1CCC(N2Cc3cc(C(O)CN4CC5(C4)CN(c4ccc(-c6cnc7[nH]cc(C(=O)c8c(F)ccc(N[S+]([O-])N9CCC(F)C9)c8F)c7c6)cc4)C5)ccc3C2=O)C(=O)N1. The van der Waals surface area contributed by atoms with E-state index < -0.39 is 58.8 Å². The van der Waals surface area contributed by atoms with Crippen LogP contribution in [0.3, 0.4) is 0 Å². The van der Waals surface area contributed by atoms with Crippen LogP contribution in [0.1, 0.15) is 62.8 Å². The second-order valence-corrected chi connectivity index (χ2v) is 18.2. The molecule has 7 heterocycles. The number of anilines is 2. The molecule has 0 aliphatic carbocycles. The van der Waals surface area contributed by atoms with Gasteiger partial charge in [0, 0.05) is 97.8 Å². The molecular weight excluding hydrogens is 826 g/mol. The maximum absolute atomic E-state index is 15.7. The van der Waals surface area contributed by atoms with Crippen molar-refractivity contribution in [1.29, 1.82) is 0 Å². The number of aliphatic hydroxyl groups excluding tert-OH is 1. The molecule has 3 amide bonds. The summed E-state index contributed by atoms with van der Waals surface area (Å²) in [5.41, 5.74) is 3.86. The zero-order valence-electron chi connectivity index (χ0n) is 33.2. The van der Waals surface area contributed by atoms with E-state index >= 15 is 8.78 Å². The van der Waals surface area contributed by atoms with Gasteiger partial charge >= 0.3 is 0 Å². The molecule has 5 aliphatic heterocycles. The Balaban J connectivity index is 0.750. The molecule has 4 fully saturated rings. The molecule has 18 heteroatoms. The number of amides is 3. The van der Waals surface area contributed by atoms with Crippen molar-refractivity contribution >= 4 is 57.5 Å². The van der Waals surface area contributed by atoms with Crippen molar-refractivity contribution in [2.45, 2.75) is 44.1 Å². The summed E-state index contributed by atoms with van der Waals surface area (Å²) in [6.07, 6.45) is 1.78. The summed E-state index contributed by atoms with van der Waals surface area (Å²) in [5.74, 6) is -4.25. The number of H-pyrrole nitrogens is 1. The first-order chi connectivity index (χ1) is 29.8. The monoisotopic (exact) mass is 866 g/mol. The van der Waals surface area contributed by atoms with E-state index in [2.05, 4.69) is 29.8 Å². The van der Waals surface area contributed by atoms with Crippen molar-refractivity contribution in [2.75, 3.05) is 55.4 Å². The molecular formula is C44H41F3N8O6S. The number of carbonyl (C=O) groups is 4. The number of aromatic nitrogens is 2. The number of pyridine rings is 1. The van der Waals surface area contributed by atoms with Crippen LogP contribution in [0.4, 0.5) is 24.5 Å². The number of carbonyl (C=O) groups excluding carboxylic acids is 4. The molecule has 1 spiro atoms. The van der Waals surface area contributed by atoms with Gasteiger partial charge in [-0.25, -0.2) is 18.2 Å². The van der Waals surface area contributed by atoms with E-state index in [1.807, 2.05) is 30.3 Å². The lowest BCUT2D eigenvalue weighted by Gasteiger charge is -2.61. The average Bonchev–Trinajstić information content (AvgIpc) is 3.95. The maximum atomic E-state index is 15.7. The molecule has 14 nitrogen and oxygen atoms in total. The van der Waals surface area contributed by atoms with E-state index in [1.165, 1.54) is 15.4 Å². The normalized spacial score (nSPS) is 22.1. The van der Waals surface area contributed by atoms with Crippen molar-refractivity contribution in [1.82, 2.24) is 29.4 Å². The highest BCUT2D eigenvalue weighted by molar-refractivity contribution is 7.90. The molecule has 5 aliphatic rings. The molecule has 62 heavy (non-hydrogen) atoms. The standard InChI is InChI=1S/C44H41F3N8O6S/c45-28-11-12-54(18-28)62(61)51-34-8-7-33(46)38(39(34)47)40(58)32-16-49-41-31(32)14-26(15-48-41)24-1-4-29(5-2-24)53-22-44(23-53)20-52(21-44)19-36(56)25-3-6-30-27(13-25)17-55(43(30)60)35-9-10-37(57)50-42(35)59/h1-8,13-16,28,35-36,51,56H,9-12,17-23H2,(H,48,49)(H,50,57,59). The molecule has 0 radical (unpaired) electrons. The van der Waals surface area contributed by atoms with Gasteiger partial charge in [-0.05, 0) is 65.9 Å². The van der Waals surface area contributed by atoms with Crippen molar-refractivity contribution in [3.8, 4) is 11.1 Å². The number of piperidine rings is 1. The Morgan fingerprint density at radius 1 is 1.02 bits per heavy atom. The summed E-state index contributed by atoms with van der Waals surface area (Å²) >= 11 is -1.99. The molecule has 2 aromatic heterocycles. The van der Waals surface area contributed by atoms with Gasteiger partial charge in [-0.1, -0.05) is 24.3 Å². The average molecular weight is 867 g/mol.